The number of para-hydroxylation sites is 2. The van der Waals surface area contributed by atoms with Crippen LogP contribution in [0.1, 0.15) is 18.6 Å². The predicted molar refractivity (Wildman–Crippen MR) is 84.7 cm³/mol. The van der Waals surface area contributed by atoms with Gasteiger partial charge in [-0.1, -0.05) is 12.1 Å². The lowest BCUT2D eigenvalue weighted by atomic mass is 9.94. The molecular weight excluding hydrogens is 310 g/mol. The van der Waals surface area contributed by atoms with Gasteiger partial charge in [-0.15, -0.1) is 0 Å². The van der Waals surface area contributed by atoms with E-state index in [0.29, 0.717) is 17.3 Å². The fourth-order valence-corrected chi connectivity index (χ4v) is 3.00. The predicted octanol–water partition coefficient (Wildman–Crippen LogP) is 1.83. The molecule has 0 unspecified atom stereocenters. The van der Waals surface area contributed by atoms with Crippen LogP contribution in [-0.4, -0.2) is 30.3 Å². The number of carbonyl (C=O) groups excluding carboxylic acids is 1. The number of benzene rings is 1. The third-order valence-electron chi connectivity index (χ3n) is 4.53. The average molecular weight is 329 g/mol. The van der Waals surface area contributed by atoms with Crippen molar-refractivity contribution in [3.63, 3.8) is 0 Å². The number of aliphatic hydroxyl groups is 1. The molecule has 2 aromatic rings. The van der Waals surface area contributed by atoms with Gasteiger partial charge in [0, 0.05) is 0 Å². The summed E-state index contributed by atoms with van der Waals surface area (Å²) in [5, 5.41) is 13.7. The minimum atomic E-state index is -1.17. The molecule has 1 aromatic heterocycles. The minimum Gasteiger partial charge on any atom is -0.485 e. The Kier molecular flexibility index (Phi) is 3.69. The molecule has 4 rings (SSSR count). The number of fused-ring (bicyclic) bond motifs is 1. The van der Waals surface area contributed by atoms with Crippen molar-refractivity contribution < 1.29 is 23.8 Å². The van der Waals surface area contributed by atoms with Gasteiger partial charge in [0.05, 0.1) is 12.8 Å². The van der Waals surface area contributed by atoms with E-state index in [1.54, 1.807) is 24.3 Å². The second-order valence-corrected chi connectivity index (χ2v) is 6.26. The zero-order chi connectivity index (χ0) is 16.6. The molecule has 2 N–H and O–H groups in total. The van der Waals surface area contributed by atoms with Gasteiger partial charge >= 0.3 is 0 Å². The van der Waals surface area contributed by atoms with Crippen LogP contribution in [-0.2, 0) is 10.4 Å². The van der Waals surface area contributed by atoms with Crippen molar-refractivity contribution in [2.24, 2.45) is 5.92 Å². The third kappa shape index (κ3) is 2.73. The highest BCUT2D eigenvalue weighted by molar-refractivity contribution is 5.81. The van der Waals surface area contributed by atoms with Gasteiger partial charge < -0.3 is 24.3 Å². The summed E-state index contributed by atoms with van der Waals surface area (Å²) in [5.41, 5.74) is -1.17. The largest absolute Gasteiger partial charge is 0.485 e. The Labute approximate surface area is 139 Å². The fraction of sp³-hybridized carbons (Fsp3) is 0.389. The Morgan fingerprint density at radius 1 is 1.21 bits per heavy atom. The lowest BCUT2D eigenvalue weighted by molar-refractivity contribution is -0.132. The van der Waals surface area contributed by atoms with Gasteiger partial charge in [0.2, 0.25) is 6.10 Å². The number of hydrogen-bond donors (Lipinski definition) is 2. The van der Waals surface area contributed by atoms with Gasteiger partial charge in [0.25, 0.3) is 5.91 Å². The van der Waals surface area contributed by atoms with Crippen molar-refractivity contribution in [1.29, 1.82) is 0 Å². The summed E-state index contributed by atoms with van der Waals surface area (Å²) in [5.74, 6) is 1.46. The van der Waals surface area contributed by atoms with Crippen molar-refractivity contribution in [3.05, 3.63) is 48.4 Å². The smallest absolute Gasteiger partial charge is 0.264 e. The SMILES string of the molecule is O=C(NC[C@](O)(c1ccco1)C1CC1)[C@@H]1COc2ccccc2O1. The Morgan fingerprint density at radius 3 is 2.71 bits per heavy atom. The number of hydrogen-bond acceptors (Lipinski definition) is 5. The van der Waals surface area contributed by atoms with E-state index >= 15 is 0 Å². The molecule has 2 heterocycles. The second kappa shape index (κ2) is 5.87. The fourth-order valence-electron chi connectivity index (χ4n) is 3.00. The highest BCUT2D eigenvalue weighted by Gasteiger charge is 2.47. The Morgan fingerprint density at radius 2 is 2.00 bits per heavy atom. The molecule has 1 fully saturated rings. The van der Waals surface area contributed by atoms with Crippen LogP contribution >= 0.6 is 0 Å². The molecular formula is C18H19NO5. The van der Waals surface area contributed by atoms with E-state index in [1.165, 1.54) is 6.26 Å². The topological polar surface area (TPSA) is 80.9 Å². The molecule has 0 radical (unpaired) electrons. The van der Waals surface area contributed by atoms with Gasteiger partial charge in [-0.3, -0.25) is 4.79 Å². The molecule has 1 aromatic carbocycles. The summed E-state index contributed by atoms with van der Waals surface area (Å²) < 4.78 is 16.6. The van der Waals surface area contributed by atoms with E-state index < -0.39 is 11.7 Å². The number of carbonyl (C=O) groups is 1. The Bertz CT molecular complexity index is 725. The first-order valence-corrected chi connectivity index (χ1v) is 8.09. The summed E-state index contributed by atoms with van der Waals surface area (Å²) in [6.07, 6.45) is 2.63. The average Bonchev–Trinajstić information content (AvgIpc) is 3.34. The highest BCUT2D eigenvalue weighted by atomic mass is 16.6. The zero-order valence-electron chi connectivity index (χ0n) is 13.1. The zero-order valence-corrected chi connectivity index (χ0v) is 13.1. The van der Waals surface area contributed by atoms with Crippen LogP contribution in [0.2, 0.25) is 0 Å². The van der Waals surface area contributed by atoms with E-state index in [2.05, 4.69) is 5.32 Å². The van der Waals surface area contributed by atoms with Crippen LogP contribution in [0.3, 0.4) is 0 Å². The quantitative estimate of drug-likeness (QED) is 0.875. The molecule has 2 atom stereocenters. The van der Waals surface area contributed by atoms with Crippen LogP contribution in [0, 0.1) is 5.92 Å². The van der Waals surface area contributed by atoms with Gasteiger partial charge in [-0.25, -0.2) is 0 Å². The summed E-state index contributed by atoms with van der Waals surface area (Å²) in [6, 6.07) is 10.7. The molecule has 6 heteroatoms. The van der Waals surface area contributed by atoms with Gasteiger partial charge in [-0.2, -0.15) is 0 Å². The van der Waals surface area contributed by atoms with E-state index in [-0.39, 0.29) is 25.0 Å². The van der Waals surface area contributed by atoms with Crippen LogP contribution in [0.25, 0.3) is 0 Å². The standard InChI is InChI=1S/C18H19NO5/c20-17(15-10-23-13-4-1-2-5-14(13)24-15)19-11-18(21,12-7-8-12)16-6-3-9-22-16/h1-6,9,12,15,21H,7-8,10-11H2,(H,19,20)/t15-,18+/m0/s1. The molecule has 1 saturated carbocycles. The molecule has 0 spiro atoms. The molecule has 6 nitrogen and oxygen atoms in total. The molecule has 1 aliphatic heterocycles. The van der Waals surface area contributed by atoms with Crippen LogP contribution in [0.4, 0.5) is 0 Å². The van der Waals surface area contributed by atoms with E-state index in [0.717, 1.165) is 12.8 Å². The van der Waals surface area contributed by atoms with Gasteiger partial charge in [-0.05, 0) is 43.0 Å². The van der Waals surface area contributed by atoms with Crippen molar-refractivity contribution in [1.82, 2.24) is 5.32 Å². The van der Waals surface area contributed by atoms with Crippen molar-refractivity contribution in [2.45, 2.75) is 24.5 Å². The van der Waals surface area contributed by atoms with E-state index in [9.17, 15) is 9.90 Å². The van der Waals surface area contributed by atoms with E-state index in [4.69, 9.17) is 13.9 Å². The lowest BCUT2D eigenvalue weighted by Crippen LogP contribution is -2.49. The maximum atomic E-state index is 12.4. The molecule has 1 aliphatic carbocycles. The maximum Gasteiger partial charge on any atom is 0.264 e. The number of ether oxygens (including phenoxy) is 2. The summed E-state index contributed by atoms with van der Waals surface area (Å²) in [4.78, 5) is 12.4. The van der Waals surface area contributed by atoms with Crippen LogP contribution in [0.15, 0.2) is 47.1 Å². The van der Waals surface area contributed by atoms with Gasteiger partial charge in [0.1, 0.15) is 18.0 Å². The number of amides is 1. The molecule has 2 aliphatic rings. The maximum absolute atomic E-state index is 12.4. The summed E-state index contributed by atoms with van der Waals surface area (Å²) in [6.45, 7) is 0.233. The van der Waals surface area contributed by atoms with Gasteiger partial charge in [0.15, 0.2) is 11.5 Å². The second-order valence-electron chi connectivity index (χ2n) is 6.26. The van der Waals surface area contributed by atoms with Crippen LogP contribution in [0.5, 0.6) is 11.5 Å². The lowest BCUT2D eigenvalue weighted by Gasteiger charge is -2.29. The number of furan rings is 1. The summed E-state index contributed by atoms with van der Waals surface area (Å²) >= 11 is 0. The Hall–Kier alpha value is -2.47. The number of rotatable bonds is 5. The molecule has 24 heavy (non-hydrogen) atoms. The minimum absolute atomic E-state index is 0.0888. The first-order valence-electron chi connectivity index (χ1n) is 8.09. The molecule has 1 amide bonds. The van der Waals surface area contributed by atoms with Crippen molar-refractivity contribution in [3.8, 4) is 11.5 Å². The van der Waals surface area contributed by atoms with Crippen molar-refractivity contribution >= 4 is 5.91 Å². The van der Waals surface area contributed by atoms with Crippen molar-refractivity contribution in [2.75, 3.05) is 13.2 Å². The molecule has 0 saturated heterocycles. The van der Waals surface area contributed by atoms with Crippen LogP contribution < -0.4 is 14.8 Å². The molecule has 0 bridgehead atoms. The number of nitrogens with one attached hydrogen (secondary N) is 1. The molecule has 126 valence electrons. The Balaban J connectivity index is 1.41. The summed E-state index contributed by atoms with van der Waals surface area (Å²) in [7, 11) is 0. The normalized spacial score (nSPS) is 21.8. The first kappa shape index (κ1) is 15.1. The third-order valence-corrected chi connectivity index (χ3v) is 4.53. The van der Waals surface area contributed by atoms with E-state index in [1.807, 2.05) is 12.1 Å². The monoisotopic (exact) mass is 329 g/mol. The highest BCUT2D eigenvalue weighted by Crippen LogP contribution is 2.45. The first-order chi connectivity index (χ1) is 11.7.